The van der Waals surface area contributed by atoms with Crippen molar-refractivity contribution in [3.05, 3.63) is 51.4 Å². The molecule has 0 bridgehead atoms. The minimum Gasteiger partial charge on any atom is -0.493 e. The van der Waals surface area contributed by atoms with Gasteiger partial charge in [-0.1, -0.05) is 12.1 Å². The van der Waals surface area contributed by atoms with Crippen molar-refractivity contribution in [3.8, 4) is 5.75 Å². The molecular formula is C21H21N3O6S. The van der Waals surface area contributed by atoms with Gasteiger partial charge in [-0.25, -0.2) is 4.79 Å². The summed E-state index contributed by atoms with van der Waals surface area (Å²) in [5.41, 5.74) is 0.435. The van der Waals surface area contributed by atoms with Gasteiger partial charge in [0.15, 0.2) is 11.3 Å². The van der Waals surface area contributed by atoms with E-state index < -0.39 is 11.9 Å². The largest absolute Gasteiger partial charge is 0.493 e. The highest BCUT2D eigenvalue weighted by molar-refractivity contribution is 7.18. The molecule has 0 saturated heterocycles. The van der Waals surface area contributed by atoms with E-state index in [0.29, 0.717) is 27.2 Å². The number of amides is 2. The average Bonchev–Trinajstić information content (AvgIpc) is 3.06. The second-order valence-electron chi connectivity index (χ2n) is 6.77. The molecule has 0 aliphatic rings. The maximum atomic E-state index is 13.0. The molecule has 31 heavy (non-hydrogen) atoms. The van der Waals surface area contributed by atoms with Crippen LogP contribution in [0.25, 0.3) is 11.0 Å². The molecule has 0 atom stereocenters. The minimum absolute atomic E-state index is 0.0388. The van der Waals surface area contributed by atoms with Gasteiger partial charge >= 0.3 is 5.97 Å². The Morgan fingerprint density at radius 3 is 2.52 bits per heavy atom. The van der Waals surface area contributed by atoms with E-state index in [1.165, 1.54) is 25.2 Å². The number of para-hydroxylation sites is 1. The van der Waals surface area contributed by atoms with E-state index in [-0.39, 0.29) is 27.6 Å². The van der Waals surface area contributed by atoms with Crippen LogP contribution in [-0.4, -0.2) is 51.0 Å². The van der Waals surface area contributed by atoms with E-state index in [9.17, 15) is 14.4 Å². The van der Waals surface area contributed by atoms with Gasteiger partial charge in [0.05, 0.1) is 24.7 Å². The summed E-state index contributed by atoms with van der Waals surface area (Å²) in [6.07, 6.45) is 0. The van der Waals surface area contributed by atoms with Crippen LogP contribution in [-0.2, 0) is 4.74 Å². The number of carbonyl (C=O) groups is 3. The third-order valence-corrected chi connectivity index (χ3v) is 5.78. The lowest BCUT2D eigenvalue weighted by Gasteiger charge is -2.08. The summed E-state index contributed by atoms with van der Waals surface area (Å²) in [6.45, 7) is 1.61. The fraction of sp³-hybridized carbons (Fsp3) is 0.238. The monoisotopic (exact) mass is 443 g/mol. The smallest absolute Gasteiger partial charge is 0.341 e. The van der Waals surface area contributed by atoms with Crippen molar-refractivity contribution in [1.29, 1.82) is 5.41 Å². The van der Waals surface area contributed by atoms with Gasteiger partial charge in [0.2, 0.25) is 5.55 Å². The van der Waals surface area contributed by atoms with Gasteiger partial charge in [-0.15, -0.1) is 11.3 Å². The predicted molar refractivity (Wildman–Crippen MR) is 115 cm³/mol. The highest BCUT2D eigenvalue weighted by atomic mass is 32.1. The van der Waals surface area contributed by atoms with Crippen LogP contribution in [0.4, 0.5) is 5.00 Å². The third-order valence-electron chi connectivity index (χ3n) is 4.59. The zero-order valence-electron chi connectivity index (χ0n) is 17.6. The molecule has 2 N–H and O–H groups in total. The van der Waals surface area contributed by atoms with Gasteiger partial charge in [-0.3, -0.25) is 15.0 Å². The molecule has 162 valence electrons. The Labute approximate surface area is 181 Å². The number of hydrogen-bond acceptors (Lipinski definition) is 8. The Morgan fingerprint density at radius 1 is 1.19 bits per heavy atom. The minimum atomic E-state index is -0.680. The molecule has 3 aromatic rings. The summed E-state index contributed by atoms with van der Waals surface area (Å²) >= 11 is 0.969. The molecule has 0 aliphatic carbocycles. The molecule has 10 heteroatoms. The number of fused-ring (bicyclic) bond motifs is 1. The standard InChI is InChI=1S/C21H21N3O6S/c1-10-14(21(27)29-5)19(31-16(10)20(26)24(2)3)23-18(25)12-9-11-7-6-8-13(28-4)15(11)30-17(12)22/h6-9,22H,1-5H3,(H,23,25). The second-order valence-corrected chi connectivity index (χ2v) is 7.79. The summed E-state index contributed by atoms with van der Waals surface area (Å²) in [7, 11) is 5.88. The summed E-state index contributed by atoms with van der Waals surface area (Å²) in [5, 5.41) is 11.5. The number of benzene rings is 1. The predicted octanol–water partition coefficient (Wildman–Crippen LogP) is 3.03. The van der Waals surface area contributed by atoms with E-state index in [4.69, 9.17) is 19.3 Å². The van der Waals surface area contributed by atoms with Crippen LogP contribution in [0.3, 0.4) is 0 Å². The van der Waals surface area contributed by atoms with Crippen LogP contribution in [0.5, 0.6) is 5.75 Å². The van der Waals surface area contributed by atoms with Gasteiger partial charge < -0.3 is 24.1 Å². The molecule has 0 fully saturated rings. The molecule has 0 spiro atoms. The van der Waals surface area contributed by atoms with Gasteiger partial charge in [0.25, 0.3) is 11.8 Å². The number of nitrogens with zero attached hydrogens (tertiary/aromatic N) is 1. The molecule has 0 saturated carbocycles. The maximum Gasteiger partial charge on any atom is 0.341 e. The Kier molecular flexibility index (Phi) is 6.11. The van der Waals surface area contributed by atoms with Crippen molar-refractivity contribution in [3.63, 3.8) is 0 Å². The van der Waals surface area contributed by atoms with Crippen LogP contribution in [0.15, 0.2) is 28.7 Å². The number of nitrogens with one attached hydrogen (secondary N) is 2. The Balaban J connectivity index is 2.06. The number of ether oxygens (including phenoxy) is 2. The van der Waals surface area contributed by atoms with Gasteiger partial charge in [-0.2, -0.15) is 0 Å². The van der Waals surface area contributed by atoms with Crippen LogP contribution in [0.1, 0.15) is 36.0 Å². The van der Waals surface area contributed by atoms with E-state index in [0.717, 1.165) is 11.3 Å². The quantitative estimate of drug-likeness (QED) is 0.585. The van der Waals surface area contributed by atoms with Gasteiger partial charge in [-0.05, 0) is 24.6 Å². The van der Waals surface area contributed by atoms with Crippen LogP contribution in [0.2, 0.25) is 0 Å². The molecule has 0 unspecified atom stereocenters. The first kappa shape index (κ1) is 22.0. The molecule has 2 amide bonds. The first-order valence-corrected chi connectivity index (χ1v) is 9.91. The van der Waals surface area contributed by atoms with E-state index >= 15 is 0 Å². The number of rotatable bonds is 5. The van der Waals surface area contributed by atoms with Crippen molar-refractivity contribution >= 4 is 45.1 Å². The summed E-state index contributed by atoms with van der Waals surface area (Å²) in [6, 6.07) is 6.65. The topological polar surface area (TPSA) is 122 Å². The first-order valence-electron chi connectivity index (χ1n) is 9.09. The van der Waals surface area contributed by atoms with Crippen molar-refractivity contribution in [2.75, 3.05) is 33.6 Å². The lowest BCUT2D eigenvalue weighted by atomic mass is 10.1. The van der Waals surface area contributed by atoms with Gasteiger partial charge in [0.1, 0.15) is 10.6 Å². The van der Waals surface area contributed by atoms with Crippen molar-refractivity contribution < 1.29 is 28.3 Å². The third kappa shape index (κ3) is 4.02. The first-order chi connectivity index (χ1) is 14.7. The molecule has 2 heterocycles. The highest BCUT2D eigenvalue weighted by Crippen LogP contribution is 2.34. The van der Waals surface area contributed by atoms with E-state index in [2.05, 4.69) is 5.32 Å². The summed E-state index contributed by atoms with van der Waals surface area (Å²) in [4.78, 5) is 39.4. The van der Waals surface area contributed by atoms with Crippen LogP contribution >= 0.6 is 11.3 Å². The van der Waals surface area contributed by atoms with Crippen molar-refractivity contribution in [1.82, 2.24) is 4.90 Å². The molecule has 2 aromatic heterocycles. The van der Waals surface area contributed by atoms with Crippen LogP contribution < -0.4 is 15.6 Å². The lowest BCUT2D eigenvalue weighted by molar-refractivity contribution is 0.0601. The second kappa shape index (κ2) is 8.60. The molecular weight excluding hydrogens is 422 g/mol. The number of hydrogen-bond donors (Lipinski definition) is 2. The van der Waals surface area contributed by atoms with E-state index in [1.54, 1.807) is 39.2 Å². The van der Waals surface area contributed by atoms with Crippen molar-refractivity contribution in [2.24, 2.45) is 0 Å². The average molecular weight is 443 g/mol. The maximum absolute atomic E-state index is 13.0. The zero-order chi connectivity index (χ0) is 22.9. The molecule has 0 aliphatic heterocycles. The Morgan fingerprint density at radius 2 is 1.90 bits per heavy atom. The lowest BCUT2D eigenvalue weighted by Crippen LogP contribution is -2.21. The number of anilines is 1. The summed E-state index contributed by atoms with van der Waals surface area (Å²) in [5.74, 6) is -1.21. The molecule has 1 aromatic carbocycles. The molecule has 3 rings (SSSR count). The number of carbonyl (C=O) groups excluding carboxylic acids is 3. The van der Waals surface area contributed by atoms with Gasteiger partial charge in [0, 0.05) is 19.5 Å². The normalized spacial score (nSPS) is 10.6. The van der Waals surface area contributed by atoms with Crippen LogP contribution in [0, 0.1) is 12.3 Å². The van der Waals surface area contributed by atoms with E-state index in [1.807, 2.05) is 0 Å². The summed E-state index contributed by atoms with van der Waals surface area (Å²) < 4.78 is 15.6. The fourth-order valence-corrected chi connectivity index (χ4v) is 4.20. The highest BCUT2D eigenvalue weighted by Gasteiger charge is 2.27. The fourth-order valence-electron chi connectivity index (χ4n) is 2.99. The number of thiophene rings is 1. The number of methoxy groups -OCH3 is 2. The zero-order valence-corrected chi connectivity index (χ0v) is 18.4. The molecule has 9 nitrogen and oxygen atoms in total. The van der Waals surface area contributed by atoms with Crippen molar-refractivity contribution in [2.45, 2.75) is 6.92 Å². The molecule has 0 radical (unpaired) electrons. The number of esters is 1. The SMILES string of the molecule is COC(=O)c1c(NC(=O)c2cc3cccc(OC)c3oc2=N)sc(C(=O)N(C)C)c1C. The Hall–Kier alpha value is -3.66. The Bertz CT molecular complexity index is 1260.